The second-order valence-corrected chi connectivity index (χ2v) is 9.95. The molecule has 2 aromatic rings. The lowest BCUT2D eigenvalue weighted by molar-refractivity contribution is -0.136. The number of benzene rings is 2. The summed E-state index contributed by atoms with van der Waals surface area (Å²) in [5.74, 6) is -3.19. The van der Waals surface area contributed by atoms with Crippen molar-refractivity contribution in [2.75, 3.05) is 33.3 Å². The molecule has 218 valence electrons. The highest BCUT2D eigenvalue weighted by molar-refractivity contribution is 6.01. The first-order valence-corrected chi connectivity index (χ1v) is 13.4. The predicted molar refractivity (Wildman–Crippen MR) is 146 cm³/mol. The lowest BCUT2D eigenvalue weighted by Crippen LogP contribution is -2.54. The number of urea groups is 2. The normalized spacial score (nSPS) is 18.1. The van der Waals surface area contributed by atoms with Crippen LogP contribution in [0.15, 0.2) is 59.8 Å². The summed E-state index contributed by atoms with van der Waals surface area (Å²) in [5.41, 5.74) is 0.736. The molecule has 0 radical (unpaired) electrons. The zero-order valence-corrected chi connectivity index (χ0v) is 22.9. The number of hydrogen-bond donors (Lipinski definition) is 3. The predicted octanol–water partition coefficient (Wildman–Crippen LogP) is 3.47. The number of nitrogens with one attached hydrogen (secondary N) is 3. The zero-order valence-electron chi connectivity index (χ0n) is 22.9. The summed E-state index contributed by atoms with van der Waals surface area (Å²) < 4.78 is 32.6. The molecule has 12 heteroatoms. The molecule has 0 saturated carbocycles. The van der Waals surface area contributed by atoms with Crippen LogP contribution < -0.4 is 16.0 Å². The number of esters is 1. The minimum Gasteiger partial charge on any atom is -0.466 e. The Kier molecular flexibility index (Phi) is 9.66. The largest absolute Gasteiger partial charge is 0.466 e. The van der Waals surface area contributed by atoms with Crippen LogP contribution in [0.4, 0.5) is 18.4 Å². The van der Waals surface area contributed by atoms with Crippen molar-refractivity contribution in [3.05, 3.63) is 82.6 Å². The lowest BCUT2D eigenvalue weighted by atomic mass is 9.94. The van der Waals surface area contributed by atoms with Crippen LogP contribution in [0, 0.1) is 11.6 Å². The molecule has 0 spiro atoms. The van der Waals surface area contributed by atoms with Crippen LogP contribution in [0.1, 0.15) is 48.1 Å². The third-order valence-corrected chi connectivity index (χ3v) is 7.22. The third-order valence-electron chi connectivity index (χ3n) is 7.22. The Hall–Kier alpha value is -4.32. The summed E-state index contributed by atoms with van der Waals surface area (Å²) in [4.78, 5) is 54.1. The minimum absolute atomic E-state index is 0.0378. The van der Waals surface area contributed by atoms with E-state index >= 15 is 0 Å². The van der Waals surface area contributed by atoms with E-state index in [0.717, 1.165) is 50.1 Å². The smallest absolute Gasteiger partial charge is 0.337 e. The Morgan fingerprint density at radius 2 is 1.76 bits per heavy atom. The first-order chi connectivity index (χ1) is 19.7. The maximum absolute atomic E-state index is 14.1. The molecule has 3 N–H and O–H groups in total. The fourth-order valence-electron chi connectivity index (χ4n) is 5.06. The zero-order chi connectivity index (χ0) is 29.5. The van der Waals surface area contributed by atoms with Gasteiger partial charge in [0.25, 0.3) is 5.91 Å². The molecule has 2 aliphatic rings. The number of methoxy groups -OCH3 is 1. The molecule has 2 aliphatic heterocycles. The summed E-state index contributed by atoms with van der Waals surface area (Å²) in [7, 11) is 1.14. The lowest BCUT2D eigenvalue weighted by Gasteiger charge is -2.36. The van der Waals surface area contributed by atoms with E-state index in [9.17, 15) is 28.0 Å². The number of amides is 5. The number of rotatable bonds is 8. The van der Waals surface area contributed by atoms with Gasteiger partial charge >= 0.3 is 18.0 Å². The fraction of sp³-hybridized carbons (Fsp3) is 0.379. The van der Waals surface area contributed by atoms with Gasteiger partial charge in [-0.05, 0) is 62.6 Å². The Labute approximate surface area is 236 Å². The number of hydrogen-bond acceptors (Lipinski definition) is 6. The van der Waals surface area contributed by atoms with Gasteiger partial charge in [-0.25, -0.2) is 28.1 Å². The molecule has 2 heterocycles. The highest BCUT2D eigenvalue weighted by atomic mass is 19.2. The van der Waals surface area contributed by atoms with E-state index in [-0.39, 0.29) is 35.3 Å². The highest BCUT2D eigenvalue weighted by Crippen LogP contribution is 2.35. The molecule has 0 bridgehead atoms. The molecule has 1 fully saturated rings. The average molecular weight is 570 g/mol. The van der Waals surface area contributed by atoms with Crippen molar-refractivity contribution in [1.29, 1.82) is 0 Å². The average Bonchev–Trinajstić information content (AvgIpc) is 2.97. The fourth-order valence-corrected chi connectivity index (χ4v) is 5.06. The second-order valence-electron chi connectivity index (χ2n) is 9.95. The maximum Gasteiger partial charge on any atom is 0.337 e. The first-order valence-electron chi connectivity index (χ1n) is 13.4. The molecule has 1 saturated heterocycles. The van der Waals surface area contributed by atoms with Crippen molar-refractivity contribution in [1.82, 2.24) is 25.8 Å². The van der Waals surface area contributed by atoms with E-state index in [4.69, 9.17) is 4.74 Å². The molecule has 0 aromatic heterocycles. The van der Waals surface area contributed by atoms with E-state index in [1.807, 2.05) is 18.2 Å². The molecule has 1 unspecified atom stereocenters. The number of halogens is 2. The van der Waals surface area contributed by atoms with Gasteiger partial charge in [0.2, 0.25) is 0 Å². The molecule has 5 amide bonds. The van der Waals surface area contributed by atoms with Crippen LogP contribution >= 0.6 is 0 Å². The van der Waals surface area contributed by atoms with Gasteiger partial charge in [-0.3, -0.25) is 4.79 Å². The van der Waals surface area contributed by atoms with Crippen LogP contribution in [0.3, 0.4) is 0 Å². The number of likely N-dealkylation sites (tertiary alicyclic amines) is 1. The quantitative estimate of drug-likeness (QED) is 0.331. The molecular formula is C29H33F2N5O5. The standard InChI is InChI=1S/C29H33F2N5O5/c1-18-24(27(38)41-2)25(20-9-10-22(30)23(31)17-20)36(29(40)33-18)28(39)32-13-6-14-35-15-11-21(12-16-35)34-26(37)19-7-4-3-5-8-19/h3-5,7-10,17,21,25H,6,11-16H2,1-2H3,(H,32,39)(H,33,40)(H,34,37). The van der Waals surface area contributed by atoms with Crippen molar-refractivity contribution < 1.29 is 32.7 Å². The van der Waals surface area contributed by atoms with Crippen LogP contribution in [0.5, 0.6) is 0 Å². The second kappa shape index (κ2) is 13.4. The summed E-state index contributed by atoms with van der Waals surface area (Å²) in [6.45, 7) is 3.95. The van der Waals surface area contributed by atoms with Gasteiger partial charge in [-0.1, -0.05) is 24.3 Å². The third kappa shape index (κ3) is 7.07. The van der Waals surface area contributed by atoms with Crippen molar-refractivity contribution in [2.45, 2.75) is 38.3 Å². The van der Waals surface area contributed by atoms with Gasteiger partial charge in [0.05, 0.1) is 12.7 Å². The first kappa shape index (κ1) is 29.7. The molecule has 0 aliphatic carbocycles. The molecule has 4 rings (SSSR count). The monoisotopic (exact) mass is 569 g/mol. The van der Waals surface area contributed by atoms with Gasteiger partial charge in [0.15, 0.2) is 11.6 Å². The van der Waals surface area contributed by atoms with Crippen LogP contribution in [-0.4, -0.2) is 73.1 Å². The van der Waals surface area contributed by atoms with Gasteiger partial charge in [-0.2, -0.15) is 0 Å². The van der Waals surface area contributed by atoms with E-state index in [0.29, 0.717) is 18.5 Å². The summed E-state index contributed by atoms with van der Waals surface area (Å²) in [6.07, 6.45) is 2.18. The molecule has 1 atom stereocenters. The van der Waals surface area contributed by atoms with Gasteiger partial charge in [0, 0.05) is 36.9 Å². The van der Waals surface area contributed by atoms with Crippen molar-refractivity contribution in [3.8, 4) is 0 Å². The number of allylic oxidation sites excluding steroid dienone is 1. The number of nitrogens with zero attached hydrogens (tertiary/aromatic N) is 2. The van der Waals surface area contributed by atoms with E-state index in [1.165, 1.54) is 13.0 Å². The van der Waals surface area contributed by atoms with Crippen LogP contribution in [0.25, 0.3) is 0 Å². The summed E-state index contributed by atoms with van der Waals surface area (Å²) >= 11 is 0. The molecule has 10 nitrogen and oxygen atoms in total. The Bertz CT molecular complexity index is 1330. The number of imide groups is 1. The van der Waals surface area contributed by atoms with Gasteiger partial charge < -0.3 is 25.6 Å². The number of carbonyl (C=O) groups excluding carboxylic acids is 4. The molecule has 41 heavy (non-hydrogen) atoms. The summed E-state index contributed by atoms with van der Waals surface area (Å²) in [6, 6.07) is 9.15. The van der Waals surface area contributed by atoms with Gasteiger partial charge in [0.1, 0.15) is 6.04 Å². The summed E-state index contributed by atoms with van der Waals surface area (Å²) in [5, 5.41) is 8.24. The van der Waals surface area contributed by atoms with Crippen LogP contribution in [0.2, 0.25) is 0 Å². The highest BCUT2D eigenvalue weighted by Gasteiger charge is 2.42. The van der Waals surface area contributed by atoms with Gasteiger partial charge in [-0.15, -0.1) is 0 Å². The van der Waals surface area contributed by atoms with Crippen molar-refractivity contribution >= 4 is 23.9 Å². The SMILES string of the molecule is COC(=O)C1=C(C)NC(=O)N(C(=O)NCCCN2CCC(NC(=O)c3ccccc3)CC2)C1c1ccc(F)c(F)c1. The van der Waals surface area contributed by atoms with Crippen molar-refractivity contribution in [2.24, 2.45) is 0 Å². The van der Waals surface area contributed by atoms with Crippen molar-refractivity contribution in [3.63, 3.8) is 0 Å². The Balaban J connectivity index is 1.32. The van der Waals surface area contributed by atoms with Crippen LogP contribution in [-0.2, 0) is 9.53 Å². The number of carbonyl (C=O) groups is 4. The molecular weight excluding hydrogens is 536 g/mol. The van der Waals surface area contributed by atoms with E-state index in [1.54, 1.807) is 12.1 Å². The Morgan fingerprint density at radius 1 is 1.05 bits per heavy atom. The maximum atomic E-state index is 14.1. The Morgan fingerprint density at radius 3 is 2.41 bits per heavy atom. The topological polar surface area (TPSA) is 120 Å². The van der Waals surface area contributed by atoms with E-state index < -0.39 is 35.7 Å². The van der Waals surface area contributed by atoms with E-state index in [2.05, 4.69) is 20.9 Å². The number of piperidine rings is 1. The number of ether oxygens (including phenoxy) is 1. The molecule has 2 aromatic carbocycles. The minimum atomic E-state index is -1.32.